The van der Waals surface area contributed by atoms with Gasteiger partial charge in [-0.15, -0.1) is 0 Å². The van der Waals surface area contributed by atoms with E-state index >= 15 is 0 Å². The average molecular weight is 359 g/mol. The van der Waals surface area contributed by atoms with Gasteiger partial charge < -0.3 is 10.2 Å². The Morgan fingerprint density at radius 2 is 1.37 bits per heavy atom. The Morgan fingerprint density at radius 1 is 0.815 bits per heavy atom. The fourth-order valence-electron chi connectivity index (χ4n) is 4.26. The van der Waals surface area contributed by atoms with Crippen LogP contribution in [0.25, 0.3) is 0 Å². The maximum atomic E-state index is 12.1. The van der Waals surface area contributed by atoms with Crippen LogP contribution in [0.5, 0.6) is 5.75 Å². The smallest absolute Gasteiger partial charge is 0.130 e. The van der Waals surface area contributed by atoms with Crippen LogP contribution in [0.1, 0.15) is 29.5 Å². The van der Waals surface area contributed by atoms with Crippen molar-refractivity contribution in [3.63, 3.8) is 0 Å². The molecule has 0 bridgehead atoms. The minimum atomic E-state index is -1.06. The maximum Gasteiger partial charge on any atom is 0.130 e. The molecule has 138 valence electrons. The van der Waals surface area contributed by atoms with E-state index in [4.69, 9.17) is 0 Å². The van der Waals surface area contributed by atoms with Crippen molar-refractivity contribution < 1.29 is 10.2 Å². The predicted octanol–water partition coefficient (Wildman–Crippen LogP) is 4.29. The molecule has 0 aliphatic carbocycles. The van der Waals surface area contributed by atoms with Crippen molar-refractivity contribution in [3.05, 3.63) is 102 Å². The van der Waals surface area contributed by atoms with Gasteiger partial charge in [0, 0.05) is 12.6 Å². The van der Waals surface area contributed by atoms with Crippen LogP contribution in [0, 0.1) is 0 Å². The van der Waals surface area contributed by atoms with Crippen LogP contribution in [0.3, 0.4) is 0 Å². The molecule has 2 N–H and O–H groups in total. The van der Waals surface area contributed by atoms with Crippen LogP contribution in [-0.2, 0) is 12.1 Å². The number of hydrogen-bond donors (Lipinski definition) is 2. The van der Waals surface area contributed by atoms with Crippen molar-refractivity contribution in [1.82, 2.24) is 4.90 Å². The molecule has 1 saturated heterocycles. The molecule has 3 aromatic carbocycles. The lowest BCUT2D eigenvalue weighted by molar-refractivity contribution is -0.00653. The van der Waals surface area contributed by atoms with Crippen LogP contribution >= 0.6 is 0 Å². The molecule has 3 nitrogen and oxygen atoms in total. The third-order valence-corrected chi connectivity index (χ3v) is 5.60. The lowest BCUT2D eigenvalue weighted by Crippen LogP contribution is -2.48. The van der Waals surface area contributed by atoms with Gasteiger partial charge in [-0.25, -0.2) is 0 Å². The molecule has 0 radical (unpaired) electrons. The van der Waals surface area contributed by atoms with Crippen molar-refractivity contribution in [1.29, 1.82) is 0 Å². The van der Waals surface area contributed by atoms with Gasteiger partial charge >= 0.3 is 0 Å². The average Bonchev–Trinajstić information content (AvgIpc) is 3.19. The first kappa shape index (κ1) is 17.8. The highest BCUT2D eigenvalue weighted by Crippen LogP contribution is 2.40. The fourth-order valence-corrected chi connectivity index (χ4v) is 4.26. The molecule has 1 atom stereocenters. The third-order valence-electron chi connectivity index (χ3n) is 5.60. The number of aromatic hydroxyl groups is 1. The highest BCUT2D eigenvalue weighted by Gasteiger charge is 2.45. The monoisotopic (exact) mass is 359 g/mol. The number of phenolic OH excluding ortho intramolecular Hbond substituents is 1. The lowest BCUT2D eigenvalue weighted by Gasteiger charge is -2.40. The lowest BCUT2D eigenvalue weighted by atomic mass is 9.79. The van der Waals surface area contributed by atoms with Gasteiger partial charge in [-0.3, -0.25) is 4.90 Å². The first-order chi connectivity index (χ1) is 13.2. The fraction of sp³-hybridized carbons (Fsp3) is 0.250. The van der Waals surface area contributed by atoms with E-state index in [1.807, 2.05) is 72.8 Å². The molecule has 1 heterocycles. The summed E-state index contributed by atoms with van der Waals surface area (Å²) in [6.07, 6.45) is 2.00. The molecule has 1 aliphatic heterocycles. The van der Waals surface area contributed by atoms with Gasteiger partial charge in [-0.05, 0) is 48.2 Å². The molecule has 0 aromatic heterocycles. The van der Waals surface area contributed by atoms with E-state index in [0.717, 1.165) is 42.6 Å². The minimum Gasteiger partial charge on any atom is -0.508 e. The largest absolute Gasteiger partial charge is 0.508 e. The number of rotatable bonds is 5. The number of benzene rings is 3. The van der Waals surface area contributed by atoms with Crippen molar-refractivity contribution in [2.24, 2.45) is 0 Å². The van der Waals surface area contributed by atoms with Crippen molar-refractivity contribution in [3.8, 4) is 5.75 Å². The Bertz CT molecular complexity index is 822. The normalized spacial score (nSPS) is 17.9. The SMILES string of the molecule is Oc1ccc(CN2CCC[C@H]2C(O)(c2ccccc2)c2ccccc2)cc1. The molecule has 3 heteroatoms. The summed E-state index contributed by atoms with van der Waals surface area (Å²) >= 11 is 0. The summed E-state index contributed by atoms with van der Waals surface area (Å²) in [7, 11) is 0. The molecule has 1 aliphatic rings. The highest BCUT2D eigenvalue weighted by atomic mass is 16.3. The second-order valence-electron chi connectivity index (χ2n) is 7.29. The summed E-state index contributed by atoms with van der Waals surface area (Å²) in [6.45, 7) is 1.71. The quantitative estimate of drug-likeness (QED) is 0.714. The minimum absolute atomic E-state index is 0.00361. The Hall–Kier alpha value is -2.62. The summed E-state index contributed by atoms with van der Waals surface area (Å²) in [5.74, 6) is 0.279. The zero-order valence-corrected chi connectivity index (χ0v) is 15.3. The molecule has 27 heavy (non-hydrogen) atoms. The van der Waals surface area contributed by atoms with E-state index in [9.17, 15) is 10.2 Å². The molecule has 0 amide bonds. The summed E-state index contributed by atoms with van der Waals surface area (Å²) < 4.78 is 0. The molecule has 1 fully saturated rings. The highest BCUT2D eigenvalue weighted by molar-refractivity contribution is 5.38. The second kappa shape index (κ2) is 7.55. The first-order valence-electron chi connectivity index (χ1n) is 9.53. The number of hydrogen-bond acceptors (Lipinski definition) is 3. The Balaban J connectivity index is 1.72. The predicted molar refractivity (Wildman–Crippen MR) is 107 cm³/mol. The molecule has 4 rings (SSSR count). The Morgan fingerprint density at radius 3 is 1.93 bits per heavy atom. The summed E-state index contributed by atoms with van der Waals surface area (Å²) in [5, 5.41) is 21.6. The van der Waals surface area contributed by atoms with Gasteiger partial charge in [0.2, 0.25) is 0 Å². The van der Waals surface area contributed by atoms with Gasteiger partial charge in [0.15, 0.2) is 0 Å². The summed E-state index contributed by atoms with van der Waals surface area (Å²) in [6, 6.07) is 27.3. The summed E-state index contributed by atoms with van der Waals surface area (Å²) in [5.41, 5.74) is 1.94. The molecular weight excluding hydrogens is 334 g/mol. The summed E-state index contributed by atoms with van der Waals surface area (Å²) in [4.78, 5) is 2.37. The van der Waals surface area contributed by atoms with E-state index in [2.05, 4.69) is 4.90 Å². The van der Waals surface area contributed by atoms with E-state index in [-0.39, 0.29) is 11.8 Å². The van der Waals surface area contributed by atoms with E-state index in [1.54, 1.807) is 12.1 Å². The topological polar surface area (TPSA) is 43.7 Å². The van der Waals surface area contributed by atoms with Gasteiger partial charge in [0.25, 0.3) is 0 Å². The number of nitrogens with zero attached hydrogens (tertiary/aromatic N) is 1. The van der Waals surface area contributed by atoms with Crippen LogP contribution < -0.4 is 0 Å². The standard InChI is InChI=1S/C24H25NO2/c26-22-15-13-19(14-16-22)18-25-17-7-12-23(25)24(27,20-8-3-1-4-9-20)21-10-5-2-6-11-21/h1-6,8-11,13-16,23,26-27H,7,12,17-18H2/t23-/m0/s1. The molecule has 0 spiro atoms. The molecule has 0 saturated carbocycles. The van der Waals surface area contributed by atoms with Crippen LogP contribution in [0.15, 0.2) is 84.9 Å². The van der Waals surface area contributed by atoms with Crippen LogP contribution in [0.2, 0.25) is 0 Å². The zero-order valence-electron chi connectivity index (χ0n) is 15.3. The third kappa shape index (κ3) is 3.48. The Kier molecular flexibility index (Phi) is 4.97. The van der Waals surface area contributed by atoms with Gasteiger partial charge in [0.1, 0.15) is 11.4 Å². The number of aliphatic hydroxyl groups is 1. The van der Waals surface area contributed by atoms with E-state index < -0.39 is 5.60 Å². The van der Waals surface area contributed by atoms with Gasteiger partial charge in [-0.2, -0.15) is 0 Å². The van der Waals surface area contributed by atoms with Crippen molar-refractivity contribution in [2.45, 2.75) is 31.0 Å². The zero-order chi connectivity index (χ0) is 18.7. The Labute approximate surface area is 160 Å². The van der Waals surface area contributed by atoms with Gasteiger partial charge in [-0.1, -0.05) is 72.8 Å². The first-order valence-corrected chi connectivity index (χ1v) is 9.53. The molecule has 3 aromatic rings. The molecular formula is C24H25NO2. The van der Waals surface area contributed by atoms with Crippen LogP contribution in [0.4, 0.5) is 0 Å². The number of likely N-dealkylation sites (tertiary alicyclic amines) is 1. The van der Waals surface area contributed by atoms with Crippen molar-refractivity contribution in [2.75, 3.05) is 6.54 Å². The van der Waals surface area contributed by atoms with E-state index in [0.29, 0.717) is 0 Å². The van der Waals surface area contributed by atoms with Gasteiger partial charge in [0.05, 0.1) is 0 Å². The molecule has 0 unspecified atom stereocenters. The van der Waals surface area contributed by atoms with Crippen LogP contribution in [-0.4, -0.2) is 27.7 Å². The maximum absolute atomic E-state index is 12.1. The van der Waals surface area contributed by atoms with Crippen molar-refractivity contribution >= 4 is 0 Å². The van der Waals surface area contributed by atoms with E-state index in [1.165, 1.54) is 0 Å². The number of phenols is 1. The second-order valence-corrected chi connectivity index (χ2v) is 7.29.